The molecule has 4 aromatic heterocycles. The van der Waals surface area contributed by atoms with Crippen LogP contribution in [0.1, 0.15) is 51.6 Å². The number of aromatic nitrogens is 4. The number of fused-ring (bicyclic) bond motifs is 6. The van der Waals surface area contributed by atoms with Gasteiger partial charge in [0.1, 0.15) is 23.4 Å². The molecule has 13 nitrogen and oxygen atoms in total. The molecule has 264 valence electrons. The fourth-order valence-electron chi connectivity index (χ4n) is 7.09. The van der Waals surface area contributed by atoms with Crippen molar-refractivity contribution >= 4 is 79.0 Å². The van der Waals surface area contributed by atoms with Crippen molar-refractivity contribution in [3.8, 4) is 0 Å². The Morgan fingerprint density at radius 1 is 0.750 bits per heavy atom. The summed E-state index contributed by atoms with van der Waals surface area (Å²) in [4.78, 5) is 57.3. The lowest BCUT2D eigenvalue weighted by Crippen LogP contribution is -2.36. The summed E-state index contributed by atoms with van der Waals surface area (Å²) in [5, 5.41) is 17.9. The standard InChI is InChI=1S/C20H21N5O2.C19H18N4O2/c1-3-21-20(27)24-13-7-9-16-15(11-13)14-5-4-10-22-18(14)25(16)17-8-6-12(2)23-19(17)26;1-11-5-7-17(19(25)21-11)23-16-8-6-13(22-12(2)24)10-15(16)14-4-3-9-20-18(14)23/h4-5,7,9-11,17H,2-3,6,8H2,1H3,(H,23,26)(H2,21,24,27);3-4,6,8-10,17H,1,5,7H2,2H3,(H,21,25)(H,22,24). The van der Waals surface area contributed by atoms with Crippen LogP contribution >= 0.6 is 0 Å². The third kappa shape index (κ3) is 6.43. The highest BCUT2D eigenvalue weighted by Gasteiger charge is 2.30. The Morgan fingerprint density at radius 2 is 1.23 bits per heavy atom. The summed E-state index contributed by atoms with van der Waals surface area (Å²) in [6.07, 6.45) is 6.31. The molecule has 5 N–H and O–H groups in total. The molecule has 0 aliphatic carbocycles. The molecule has 2 unspecified atom stereocenters. The van der Waals surface area contributed by atoms with Gasteiger partial charge in [-0.2, -0.15) is 0 Å². The second-order valence-corrected chi connectivity index (χ2v) is 12.9. The highest BCUT2D eigenvalue weighted by Crippen LogP contribution is 2.37. The fourth-order valence-corrected chi connectivity index (χ4v) is 7.09. The molecule has 2 saturated heterocycles. The smallest absolute Gasteiger partial charge is 0.319 e. The number of carbonyl (C=O) groups excluding carboxylic acids is 4. The van der Waals surface area contributed by atoms with Crippen LogP contribution in [0.5, 0.6) is 0 Å². The van der Waals surface area contributed by atoms with Crippen molar-refractivity contribution in [2.75, 3.05) is 17.2 Å². The maximum absolute atomic E-state index is 12.6. The molecule has 2 aliphatic heterocycles. The van der Waals surface area contributed by atoms with E-state index in [1.54, 1.807) is 12.4 Å². The van der Waals surface area contributed by atoms with Crippen LogP contribution in [-0.4, -0.2) is 49.4 Å². The maximum atomic E-state index is 12.6. The van der Waals surface area contributed by atoms with Crippen molar-refractivity contribution in [2.24, 2.45) is 0 Å². The maximum Gasteiger partial charge on any atom is 0.319 e. The van der Waals surface area contributed by atoms with Crippen molar-refractivity contribution in [3.05, 3.63) is 97.6 Å². The highest BCUT2D eigenvalue weighted by atomic mass is 16.2. The number of rotatable bonds is 5. The van der Waals surface area contributed by atoms with Gasteiger partial charge in [-0.25, -0.2) is 14.8 Å². The minimum Gasteiger partial charge on any atom is -0.338 e. The number of piperidine rings is 2. The lowest BCUT2D eigenvalue weighted by Gasteiger charge is -2.25. The van der Waals surface area contributed by atoms with Gasteiger partial charge in [0, 0.05) is 70.2 Å². The Balaban J connectivity index is 0.000000162. The van der Waals surface area contributed by atoms with Crippen molar-refractivity contribution < 1.29 is 19.2 Å². The number of benzene rings is 2. The number of nitrogens with zero attached hydrogens (tertiary/aromatic N) is 4. The van der Waals surface area contributed by atoms with E-state index in [1.165, 1.54) is 6.92 Å². The Hall–Kier alpha value is -6.50. The van der Waals surface area contributed by atoms with Crippen LogP contribution in [0.15, 0.2) is 97.6 Å². The first-order valence-electron chi connectivity index (χ1n) is 17.2. The van der Waals surface area contributed by atoms with Crippen LogP contribution in [0.3, 0.4) is 0 Å². The van der Waals surface area contributed by atoms with Crippen molar-refractivity contribution in [1.29, 1.82) is 0 Å². The van der Waals surface area contributed by atoms with E-state index in [9.17, 15) is 19.2 Å². The minimum absolute atomic E-state index is 0.0633. The van der Waals surface area contributed by atoms with E-state index in [0.29, 0.717) is 25.1 Å². The van der Waals surface area contributed by atoms with Gasteiger partial charge >= 0.3 is 6.03 Å². The molecular weight excluding hydrogens is 658 g/mol. The lowest BCUT2D eigenvalue weighted by atomic mass is 10.0. The fraction of sp³-hybridized carbons (Fsp3) is 0.231. The SMILES string of the molecule is C=C1CCC(n2c3ccc(NC(=O)NCC)cc3c3cccnc32)C(=O)N1.C=C1CCC(n2c3ccc(NC(C)=O)cc3c3cccnc32)C(=O)N1. The van der Waals surface area contributed by atoms with E-state index in [2.05, 4.69) is 49.7 Å². The molecule has 2 aliphatic rings. The summed E-state index contributed by atoms with van der Waals surface area (Å²) < 4.78 is 3.98. The summed E-state index contributed by atoms with van der Waals surface area (Å²) in [7, 11) is 0. The predicted molar refractivity (Wildman–Crippen MR) is 203 cm³/mol. The van der Waals surface area contributed by atoms with Crippen LogP contribution in [-0.2, 0) is 14.4 Å². The van der Waals surface area contributed by atoms with Crippen molar-refractivity contribution in [1.82, 2.24) is 35.1 Å². The summed E-state index contributed by atoms with van der Waals surface area (Å²) in [6, 6.07) is 18.2. The van der Waals surface area contributed by atoms with Gasteiger partial charge in [-0.3, -0.25) is 14.4 Å². The number of amides is 5. The van der Waals surface area contributed by atoms with E-state index in [1.807, 2.05) is 76.7 Å². The van der Waals surface area contributed by atoms with Crippen LogP contribution in [0, 0.1) is 0 Å². The molecule has 5 amide bonds. The molecule has 0 bridgehead atoms. The summed E-state index contributed by atoms with van der Waals surface area (Å²) in [6.45, 7) is 11.6. The molecule has 0 saturated carbocycles. The molecule has 8 rings (SSSR count). The third-order valence-electron chi connectivity index (χ3n) is 9.31. The zero-order valence-electron chi connectivity index (χ0n) is 29.0. The van der Waals surface area contributed by atoms with Crippen molar-refractivity contribution in [3.63, 3.8) is 0 Å². The van der Waals surface area contributed by atoms with Gasteiger partial charge in [-0.05, 0) is 93.3 Å². The van der Waals surface area contributed by atoms with Gasteiger partial charge in [-0.1, -0.05) is 13.2 Å². The summed E-state index contributed by atoms with van der Waals surface area (Å²) in [5.74, 6) is -0.252. The number of urea groups is 1. The molecule has 0 radical (unpaired) electrons. The largest absolute Gasteiger partial charge is 0.338 e. The van der Waals surface area contributed by atoms with Crippen LogP contribution in [0.4, 0.5) is 16.2 Å². The van der Waals surface area contributed by atoms with E-state index in [-0.39, 0.29) is 35.8 Å². The number of anilines is 2. The van der Waals surface area contributed by atoms with Gasteiger partial charge in [0.2, 0.25) is 17.7 Å². The first-order valence-corrected chi connectivity index (χ1v) is 17.2. The molecular formula is C39H39N9O4. The molecule has 13 heteroatoms. The number of allylic oxidation sites excluding steroid dienone is 2. The van der Waals surface area contributed by atoms with Crippen molar-refractivity contribution in [2.45, 2.75) is 51.6 Å². The average Bonchev–Trinajstić information content (AvgIpc) is 3.61. The van der Waals surface area contributed by atoms with E-state index < -0.39 is 0 Å². The summed E-state index contributed by atoms with van der Waals surface area (Å²) >= 11 is 0. The molecule has 6 aromatic rings. The molecule has 52 heavy (non-hydrogen) atoms. The Bertz CT molecular complexity index is 2440. The minimum atomic E-state index is -0.340. The van der Waals surface area contributed by atoms with E-state index >= 15 is 0 Å². The Kier molecular flexibility index (Phi) is 9.16. The lowest BCUT2D eigenvalue weighted by molar-refractivity contribution is -0.125. The molecule has 2 aromatic carbocycles. The molecule has 0 spiro atoms. The van der Waals surface area contributed by atoms with Gasteiger partial charge in [0.25, 0.3) is 0 Å². The van der Waals surface area contributed by atoms with Crippen LogP contribution < -0.4 is 26.6 Å². The van der Waals surface area contributed by atoms with E-state index in [4.69, 9.17) is 0 Å². The second-order valence-electron chi connectivity index (χ2n) is 12.9. The van der Waals surface area contributed by atoms with Gasteiger partial charge in [0.05, 0.1) is 11.0 Å². The zero-order chi connectivity index (χ0) is 36.5. The molecule has 6 heterocycles. The normalized spacial score (nSPS) is 17.4. The Morgan fingerprint density at radius 3 is 1.67 bits per heavy atom. The van der Waals surface area contributed by atoms with Gasteiger partial charge < -0.3 is 35.7 Å². The predicted octanol–water partition coefficient (Wildman–Crippen LogP) is 6.41. The number of hydrogen-bond donors (Lipinski definition) is 5. The molecule has 2 fully saturated rings. The third-order valence-corrected chi connectivity index (χ3v) is 9.31. The number of nitrogens with one attached hydrogen (secondary N) is 5. The average molecular weight is 698 g/mol. The topological polar surface area (TPSA) is 164 Å². The summed E-state index contributed by atoms with van der Waals surface area (Å²) in [5.41, 5.74) is 6.29. The monoisotopic (exact) mass is 697 g/mol. The van der Waals surface area contributed by atoms with Crippen LogP contribution in [0.2, 0.25) is 0 Å². The van der Waals surface area contributed by atoms with Gasteiger partial charge in [0.15, 0.2) is 0 Å². The number of pyridine rings is 2. The van der Waals surface area contributed by atoms with Crippen LogP contribution in [0.25, 0.3) is 43.9 Å². The highest BCUT2D eigenvalue weighted by molar-refractivity contribution is 6.10. The van der Waals surface area contributed by atoms with Gasteiger partial charge in [-0.15, -0.1) is 0 Å². The first-order chi connectivity index (χ1) is 25.1. The number of carbonyl (C=O) groups is 4. The second kappa shape index (κ2) is 14.0. The first kappa shape index (κ1) is 34.0. The quantitative estimate of drug-likeness (QED) is 0.140. The van der Waals surface area contributed by atoms with E-state index in [0.717, 1.165) is 73.8 Å². The molecule has 2 atom stereocenters. The number of hydrogen-bond acceptors (Lipinski definition) is 6. The Labute approximate surface area is 299 Å². The zero-order valence-corrected chi connectivity index (χ0v) is 29.0.